The molecule has 2 nitrogen and oxygen atoms in total. The largest absolute Gasteiger partial charge is 0.487 e. The van der Waals surface area contributed by atoms with Gasteiger partial charge in [-0.25, -0.2) is 0 Å². The van der Waals surface area contributed by atoms with Crippen LogP contribution in [0.3, 0.4) is 0 Å². The van der Waals surface area contributed by atoms with Crippen molar-refractivity contribution < 1.29 is 4.74 Å². The molecule has 0 N–H and O–H groups in total. The lowest BCUT2D eigenvalue weighted by Gasteiger charge is -2.11. The van der Waals surface area contributed by atoms with Gasteiger partial charge in [-0.1, -0.05) is 54.1 Å². The molecule has 0 radical (unpaired) electrons. The van der Waals surface area contributed by atoms with Gasteiger partial charge in [-0.3, -0.25) is 4.98 Å². The first kappa shape index (κ1) is 13.7. The fourth-order valence-corrected chi connectivity index (χ4v) is 2.22. The molecule has 3 rings (SSSR count). The lowest BCUT2D eigenvalue weighted by Crippen LogP contribution is -1.97. The van der Waals surface area contributed by atoms with E-state index in [0.29, 0.717) is 6.61 Å². The molecule has 1 aromatic heterocycles. The topological polar surface area (TPSA) is 22.1 Å². The second kappa shape index (κ2) is 6.42. The number of ether oxygens (including phenoxy) is 1. The van der Waals surface area contributed by atoms with Crippen LogP contribution >= 0.6 is 11.6 Å². The molecule has 0 aliphatic rings. The summed E-state index contributed by atoms with van der Waals surface area (Å²) in [7, 11) is 0. The number of hydrogen-bond donors (Lipinski definition) is 0. The molecular formula is C18H14ClNO. The van der Waals surface area contributed by atoms with E-state index in [1.54, 1.807) is 12.4 Å². The lowest BCUT2D eigenvalue weighted by atomic mass is 10.1. The van der Waals surface area contributed by atoms with Crippen LogP contribution in [0.4, 0.5) is 0 Å². The van der Waals surface area contributed by atoms with Gasteiger partial charge < -0.3 is 4.74 Å². The summed E-state index contributed by atoms with van der Waals surface area (Å²) in [6.45, 7) is 0.521. The quantitative estimate of drug-likeness (QED) is 0.677. The van der Waals surface area contributed by atoms with Crippen molar-refractivity contribution in [3.05, 3.63) is 83.6 Å². The second-order valence-electron chi connectivity index (χ2n) is 4.65. The van der Waals surface area contributed by atoms with E-state index in [9.17, 15) is 0 Å². The van der Waals surface area contributed by atoms with Crippen LogP contribution in [0, 0.1) is 0 Å². The predicted octanol–water partition coefficient (Wildman–Crippen LogP) is 4.98. The molecule has 0 bridgehead atoms. The van der Waals surface area contributed by atoms with E-state index in [1.165, 1.54) is 0 Å². The highest BCUT2D eigenvalue weighted by Gasteiger charge is 2.06. The van der Waals surface area contributed by atoms with Crippen molar-refractivity contribution in [2.45, 2.75) is 6.61 Å². The molecule has 0 atom stereocenters. The van der Waals surface area contributed by atoms with E-state index in [0.717, 1.165) is 27.5 Å². The summed E-state index contributed by atoms with van der Waals surface area (Å²) < 4.78 is 5.91. The van der Waals surface area contributed by atoms with Crippen molar-refractivity contribution in [3.63, 3.8) is 0 Å². The van der Waals surface area contributed by atoms with Crippen molar-refractivity contribution in [2.24, 2.45) is 0 Å². The molecule has 0 fully saturated rings. The monoisotopic (exact) mass is 295 g/mol. The minimum atomic E-state index is 0.521. The van der Waals surface area contributed by atoms with Gasteiger partial charge in [0.1, 0.15) is 12.4 Å². The number of halogens is 1. The van der Waals surface area contributed by atoms with Crippen molar-refractivity contribution in [1.29, 1.82) is 0 Å². The molecular weight excluding hydrogens is 282 g/mol. The maximum absolute atomic E-state index is 5.94. The molecule has 0 aliphatic heterocycles. The third kappa shape index (κ3) is 3.41. The average Bonchev–Trinajstić information content (AvgIpc) is 2.55. The first-order chi connectivity index (χ1) is 10.3. The first-order valence-electron chi connectivity index (χ1n) is 6.69. The average molecular weight is 296 g/mol. The molecule has 0 saturated heterocycles. The maximum Gasteiger partial charge on any atom is 0.145 e. The number of nitrogens with zero attached hydrogens (tertiary/aromatic N) is 1. The minimum Gasteiger partial charge on any atom is -0.487 e. The summed E-state index contributed by atoms with van der Waals surface area (Å²) in [6.07, 6.45) is 3.51. The third-order valence-corrected chi connectivity index (χ3v) is 3.43. The Balaban J connectivity index is 1.84. The Labute approximate surface area is 129 Å². The maximum atomic E-state index is 5.94. The van der Waals surface area contributed by atoms with E-state index in [2.05, 4.69) is 4.98 Å². The summed E-state index contributed by atoms with van der Waals surface area (Å²) in [5.74, 6) is 0.767. The van der Waals surface area contributed by atoms with E-state index in [-0.39, 0.29) is 0 Å². The first-order valence-corrected chi connectivity index (χ1v) is 7.07. The van der Waals surface area contributed by atoms with Gasteiger partial charge >= 0.3 is 0 Å². The molecule has 2 aromatic carbocycles. The van der Waals surface area contributed by atoms with Gasteiger partial charge in [0.25, 0.3) is 0 Å². The third-order valence-electron chi connectivity index (χ3n) is 3.18. The van der Waals surface area contributed by atoms with Gasteiger partial charge in [-0.15, -0.1) is 0 Å². The van der Waals surface area contributed by atoms with Crippen LogP contribution in [0.2, 0.25) is 5.02 Å². The molecule has 0 aliphatic carbocycles. The van der Waals surface area contributed by atoms with Crippen molar-refractivity contribution >= 4 is 11.6 Å². The van der Waals surface area contributed by atoms with Gasteiger partial charge in [0.15, 0.2) is 0 Å². The summed E-state index contributed by atoms with van der Waals surface area (Å²) in [4.78, 5) is 4.15. The van der Waals surface area contributed by atoms with Crippen LogP contribution in [0.25, 0.3) is 11.1 Å². The lowest BCUT2D eigenvalue weighted by molar-refractivity contribution is 0.306. The van der Waals surface area contributed by atoms with E-state index < -0.39 is 0 Å². The summed E-state index contributed by atoms with van der Waals surface area (Å²) in [5.41, 5.74) is 3.20. The standard InChI is InChI=1S/C18H14ClNO/c19-16-8-6-15(7-9-16)17-10-11-20-12-18(17)21-13-14-4-2-1-3-5-14/h1-12H,13H2. The SMILES string of the molecule is Clc1ccc(-c2ccncc2OCc2ccccc2)cc1. The van der Waals surface area contributed by atoms with Crippen molar-refractivity contribution in [2.75, 3.05) is 0 Å². The Hall–Kier alpha value is -2.32. The molecule has 0 spiro atoms. The Kier molecular flexibility index (Phi) is 4.17. The number of rotatable bonds is 4. The Morgan fingerprint density at radius 2 is 1.67 bits per heavy atom. The summed E-state index contributed by atoms with van der Waals surface area (Å²) in [6, 6.07) is 19.7. The molecule has 104 valence electrons. The fourth-order valence-electron chi connectivity index (χ4n) is 2.10. The number of hydrogen-bond acceptors (Lipinski definition) is 2. The summed E-state index contributed by atoms with van der Waals surface area (Å²) in [5, 5.41) is 0.722. The molecule has 21 heavy (non-hydrogen) atoms. The zero-order valence-electron chi connectivity index (χ0n) is 11.4. The van der Waals surface area contributed by atoms with Crippen LogP contribution in [-0.4, -0.2) is 4.98 Å². The van der Waals surface area contributed by atoms with Crippen LogP contribution in [-0.2, 0) is 6.61 Å². The van der Waals surface area contributed by atoms with Gasteiger partial charge in [0.05, 0.1) is 6.20 Å². The zero-order chi connectivity index (χ0) is 14.5. The molecule has 3 heteroatoms. The predicted molar refractivity (Wildman–Crippen MR) is 85.5 cm³/mol. The molecule has 0 amide bonds. The molecule has 0 unspecified atom stereocenters. The second-order valence-corrected chi connectivity index (χ2v) is 5.09. The summed E-state index contributed by atoms with van der Waals surface area (Å²) >= 11 is 5.94. The number of pyridine rings is 1. The minimum absolute atomic E-state index is 0.521. The van der Waals surface area contributed by atoms with E-state index in [4.69, 9.17) is 16.3 Å². The van der Waals surface area contributed by atoms with Gasteiger partial charge in [-0.2, -0.15) is 0 Å². The Morgan fingerprint density at radius 1 is 0.905 bits per heavy atom. The zero-order valence-corrected chi connectivity index (χ0v) is 12.1. The van der Waals surface area contributed by atoms with E-state index >= 15 is 0 Å². The normalized spacial score (nSPS) is 10.3. The van der Waals surface area contributed by atoms with Crippen molar-refractivity contribution in [1.82, 2.24) is 4.98 Å². The smallest absolute Gasteiger partial charge is 0.145 e. The number of aromatic nitrogens is 1. The van der Waals surface area contributed by atoms with Gasteiger partial charge in [0.2, 0.25) is 0 Å². The van der Waals surface area contributed by atoms with E-state index in [1.807, 2.05) is 60.7 Å². The van der Waals surface area contributed by atoms with Crippen LogP contribution < -0.4 is 4.74 Å². The highest BCUT2D eigenvalue weighted by molar-refractivity contribution is 6.30. The molecule has 1 heterocycles. The molecule has 3 aromatic rings. The highest BCUT2D eigenvalue weighted by atomic mass is 35.5. The van der Waals surface area contributed by atoms with Crippen LogP contribution in [0.15, 0.2) is 73.1 Å². The van der Waals surface area contributed by atoms with Crippen molar-refractivity contribution in [3.8, 4) is 16.9 Å². The van der Waals surface area contributed by atoms with Crippen LogP contribution in [0.5, 0.6) is 5.75 Å². The Morgan fingerprint density at radius 3 is 2.43 bits per heavy atom. The highest BCUT2D eigenvalue weighted by Crippen LogP contribution is 2.30. The van der Waals surface area contributed by atoms with Crippen LogP contribution in [0.1, 0.15) is 5.56 Å². The fraction of sp³-hybridized carbons (Fsp3) is 0.0556. The Bertz CT molecular complexity index is 711. The molecule has 0 saturated carbocycles. The van der Waals surface area contributed by atoms with Gasteiger partial charge in [-0.05, 0) is 29.3 Å². The number of benzene rings is 2. The van der Waals surface area contributed by atoms with Gasteiger partial charge in [0, 0.05) is 16.8 Å².